The monoisotopic (exact) mass is 440 g/mol. The van der Waals surface area contributed by atoms with Crippen LogP contribution in [0.15, 0.2) is 35.4 Å². The van der Waals surface area contributed by atoms with Gasteiger partial charge in [-0.05, 0) is 12.0 Å². The number of Topliss-reactive ketones (excluding diaryl/α,β-unsaturated/α-hetero) is 1. The maximum atomic E-state index is 12.6. The first-order chi connectivity index (χ1) is 14.5. The molecule has 1 aromatic heterocycles. The van der Waals surface area contributed by atoms with Gasteiger partial charge in [0.2, 0.25) is 0 Å². The standard InChI is InChI=1S/C23H25N3O2S2/c1-23(2)12-17-18(13-24)22(29-15-20(27)16-6-4-3-5-7-16)25-21(19(17)14-30-23)26-8-10-28-11-9-26/h3-7H,8-12,14-15H2,1-2H3/p+1. The van der Waals surface area contributed by atoms with Gasteiger partial charge in [-0.3, -0.25) is 9.69 Å². The van der Waals surface area contributed by atoms with E-state index in [0.29, 0.717) is 30.1 Å². The molecule has 2 aliphatic rings. The molecule has 0 amide bonds. The summed E-state index contributed by atoms with van der Waals surface area (Å²) in [7, 11) is 0. The third-order valence-corrected chi connectivity index (χ3v) is 7.86. The molecular weight excluding hydrogens is 414 g/mol. The van der Waals surface area contributed by atoms with Crippen LogP contribution in [-0.4, -0.2) is 42.6 Å². The number of benzene rings is 1. The summed E-state index contributed by atoms with van der Waals surface area (Å²) >= 11 is 3.37. The number of ketones is 1. The number of nitriles is 1. The number of thioether (sulfide) groups is 2. The highest BCUT2D eigenvalue weighted by Crippen LogP contribution is 2.43. The molecule has 30 heavy (non-hydrogen) atoms. The molecule has 1 N–H and O–H groups in total. The van der Waals surface area contributed by atoms with Crippen LogP contribution >= 0.6 is 23.5 Å². The van der Waals surface area contributed by atoms with Crippen LogP contribution in [-0.2, 0) is 16.9 Å². The van der Waals surface area contributed by atoms with Crippen molar-refractivity contribution in [2.45, 2.75) is 35.8 Å². The molecule has 0 spiro atoms. The lowest BCUT2D eigenvalue weighted by atomic mass is 9.94. The molecule has 0 radical (unpaired) electrons. The molecule has 3 heterocycles. The Morgan fingerprint density at radius 1 is 1.27 bits per heavy atom. The Morgan fingerprint density at radius 2 is 2.00 bits per heavy atom. The number of fused-ring (bicyclic) bond motifs is 1. The topological polar surface area (TPSA) is 67.5 Å². The Labute approximate surface area is 186 Å². The van der Waals surface area contributed by atoms with Gasteiger partial charge in [-0.15, -0.1) is 0 Å². The number of anilines is 1. The summed E-state index contributed by atoms with van der Waals surface area (Å²) < 4.78 is 5.63. The molecule has 1 fully saturated rings. The van der Waals surface area contributed by atoms with Gasteiger partial charge in [-0.25, -0.2) is 4.98 Å². The van der Waals surface area contributed by atoms with Crippen LogP contribution in [0, 0.1) is 11.3 Å². The van der Waals surface area contributed by atoms with Gasteiger partial charge in [0.15, 0.2) is 10.8 Å². The second-order valence-corrected chi connectivity index (χ2v) is 10.8. The van der Waals surface area contributed by atoms with Crippen molar-refractivity contribution in [3.05, 3.63) is 52.6 Å². The van der Waals surface area contributed by atoms with Crippen LogP contribution < -0.4 is 9.88 Å². The number of carbonyl (C=O) groups excluding carboxylic acids is 1. The molecule has 1 aromatic carbocycles. The number of carbonyl (C=O) groups is 1. The molecule has 0 aliphatic carbocycles. The minimum absolute atomic E-state index is 0.0689. The number of morpholine rings is 1. The lowest BCUT2D eigenvalue weighted by Crippen LogP contribution is -2.42. The molecule has 7 heteroatoms. The first kappa shape index (κ1) is 21.2. The van der Waals surface area contributed by atoms with E-state index in [9.17, 15) is 10.1 Å². The molecule has 4 rings (SSSR count). The van der Waals surface area contributed by atoms with Crippen molar-refractivity contribution in [2.24, 2.45) is 0 Å². The maximum absolute atomic E-state index is 12.6. The zero-order chi connectivity index (χ0) is 21.1. The van der Waals surface area contributed by atoms with Gasteiger partial charge in [0.05, 0.1) is 24.5 Å². The lowest BCUT2D eigenvalue weighted by Gasteiger charge is -2.33. The number of pyridine rings is 1. The Balaban J connectivity index is 1.70. The van der Waals surface area contributed by atoms with E-state index in [-0.39, 0.29) is 10.5 Å². The number of rotatable bonds is 5. The normalized spacial score (nSPS) is 17.8. The first-order valence-corrected chi connectivity index (χ1v) is 12.1. The number of hydrogen-bond acceptors (Lipinski definition) is 6. The molecule has 1 saturated heterocycles. The molecule has 156 valence electrons. The van der Waals surface area contributed by atoms with Crippen LogP contribution in [0.3, 0.4) is 0 Å². The third-order valence-electron chi connectivity index (χ3n) is 5.50. The predicted molar refractivity (Wildman–Crippen MR) is 121 cm³/mol. The molecule has 5 nitrogen and oxygen atoms in total. The number of nitrogens with zero attached hydrogens (tertiary/aromatic N) is 2. The Kier molecular flexibility index (Phi) is 6.37. The van der Waals surface area contributed by atoms with Gasteiger partial charge in [-0.1, -0.05) is 55.9 Å². The van der Waals surface area contributed by atoms with Crippen molar-refractivity contribution >= 4 is 35.1 Å². The second kappa shape index (κ2) is 9.01. The zero-order valence-electron chi connectivity index (χ0n) is 17.4. The summed E-state index contributed by atoms with van der Waals surface area (Å²) in [4.78, 5) is 18.5. The van der Waals surface area contributed by atoms with Crippen molar-refractivity contribution in [1.29, 1.82) is 5.26 Å². The highest BCUT2D eigenvalue weighted by Gasteiger charge is 2.36. The molecule has 0 unspecified atom stereocenters. The molecule has 2 aromatic rings. The number of aromatic nitrogens is 1. The van der Waals surface area contributed by atoms with Gasteiger partial charge in [0, 0.05) is 16.1 Å². The van der Waals surface area contributed by atoms with E-state index in [4.69, 9.17) is 4.74 Å². The Hall–Kier alpha value is -2.01. The number of hydrogen-bond donors (Lipinski definition) is 0. The molecule has 0 atom stereocenters. The van der Waals surface area contributed by atoms with Gasteiger partial charge < -0.3 is 4.74 Å². The number of nitrogens with one attached hydrogen (secondary N) is 1. The van der Waals surface area contributed by atoms with Gasteiger partial charge in [-0.2, -0.15) is 17.0 Å². The van der Waals surface area contributed by atoms with Crippen molar-refractivity contribution in [2.75, 3.05) is 37.0 Å². The summed E-state index contributed by atoms with van der Waals surface area (Å²) in [6.45, 7) is 7.54. The summed E-state index contributed by atoms with van der Waals surface area (Å²) in [6, 6.07) is 11.8. The minimum Gasteiger partial charge on any atom is -0.373 e. The molecule has 0 saturated carbocycles. The summed E-state index contributed by atoms with van der Waals surface area (Å²) in [5, 5.41) is 10.8. The van der Waals surface area contributed by atoms with E-state index >= 15 is 0 Å². The number of aromatic amines is 1. The van der Waals surface area contributed by atoms with E-state index < -0.39 is 0 Å². The van der Waals surface area contributed by atoms with E-state index in [0.717, 1.165) is 41.7 Å². The largest absolute Gasteiger partial charge is 0.373 e. The smallest absolute Gasteiger partial charge is 0.279 e. The van der Waals surface area contributed by atoms with Crippen molar-refractivity contribution in [3.63, 3.8) is 0 Å². The fourth-order valence-corrected chi connectivity index (χ4v) is 5.92. The first-order valence-electron chi connectivity index (χ1n) is 10.2. The summed E-state index contributed by atoms with van der Waals surface area (Å²) in [5.74, 6) is 2.34. The fourth-order valence-electron chi connectivity index (χ4n) is 3.90. The van der Waals surface area contributed by atoms with Crippen molar-refractivity contribution in [3.8, 4) is 6.07 Å². The van der Waals surface area contributed by atoms with Crippen LogP contribution in [0.25, 0.3) is 0 Å². The van der Waals surface area contributed by atoms with E-state index in [1.165, 1.54) is 17.3 Å². The minimum atomic E-state index is 0.0689. The van der Waals surface area contributed by atoms with Crippen LogP contribution in [0.5, 0.6) is 0 Å². The third kappa shape index (κ3) is 4.51. The predicted octanol–water partition coefficient (Wildman–Crippen LogP) is 3.75. The average molecular weight is 441 g/mol. The zero-order valence-corrected chi connectivity index (χ0v) is 19.0. The van der Waals surface area contributed by atoms with Crippen molar-refractivity contribution in [1.82, 2.24) is 0 Å². The van der Waals surface area contributed by atoms with Crippen LogP contribution in [0.4, 0.5) is 5.82 Å². The van der Waals surface area contributed by atoms with E-state index in [1.54, 1.807) is 0 Å². The average Bonchev–Trinajstić information content (AvgIpc) is 2.77. The number of ether oxygens (including phenoxy) is 1. The highest BCUT2D eigenvalue weighted by molar-refractivity contribution is 8.00. The lowest BCUT2D eigenvalue weighted by molar-refractivity contribution is -0.414. The van der Waals surface area contributed by atoms with Gasteiger partial charge in [0.1, 0.15) is 24.7 Å². The molecular formula is C23H26N3O2S2+. The van der Waals surface area contributed by atoms with Crippen LogP contribution in [0.1, 0.15) is 40.9 Å². The van der Waals surface area contributed by atoms with Crippen LogP contribution in [0.2, 0.25) is 0 Å². The van der Waals surface area contributed by atoms with Crippen molar-refractivity contribution < 1.29 is 14.5 Å². The summed E-state index contributed by atoms with van der Waals surface area (Å²) in [5.41, 5.74) is 3.77. The highest BCUT2D eigenvalue weighted by atomic mass is 32.2. The second-order valence-electron chi connectivity index (χ2n) is 8.15. The Bertz CT molecular complexity index is 980. The van der Waals surface area contributed by atoms with E-state index in [1.807, 2.05) is 42.1 Å². The Morgan fingerprint density at radius 3 is 2.70 bits per heavy atom. The maximum Gasteiger partial charge on any atom is 0.279 e. The molecule has 0 bridgehead atoms. The number of H-pyrrole nitrogens is 1. The quantitative estimate of drug-likeness (QED) is 0.521. The summed E-state index contributed by atoms with van der Waals surface area (Å²) in [6.07, 6.45) is 0.849. The van der Waals surface area contributed by atoms with E-state index in [2.05, 4.69) is 29.8 Å². The molecule has 2 aliphatic heterocycles. The SMILES string of the molecule is CC1(C)Cc2c(C#N)c(SCC(=O)c3ccccc3)[nH+]c(N3CCOCC3)c2CS1. The van der Waals surface area contributed by atoms with Gasteiger partial charge in [0.25, 0.3) is 5.82 Å². The fraction of sp³-hybridized carbons (Fsp3) is 0.435. The van der Waals surface area contributed by atoms with Gasteiger partial charge >= 0.3 is 0 Å².